The first-order chi connectivity index (χ1) is 7.09. The van der Waals surface area contributed by atoms with E-state index in [0.29, 0.717) is 12.3 Å². The van der Waals surface area contributed by atoms with E-state index < -0.39 is 6.04 Å². The Morgan fingerprint density at radius 3 is 2.35 bits per heavy atom. The molecule has 1 radical (unpaired) electrons. The van der Waals surface area contributed by atoms with Crippen molar-refractivity contribution >= 4 is 30.8 Å². The molecule has 1 fully saturated rings. The zero-order valence-electron chi connectivity index (χ0n) is 10.4. The van der Waals surface area contributed by atoms with E-state index in [2.05, 4.69) is 5.32 Å². The van der Waals surface area contributed by atoms with Crippen molar-refractivity contribution in [1.82, 2.24) is 5.32 Å². The average molecular weight is 286 g/mol. The van der Waals surface area contributed by atoms with E-state index in [1.54, 1.807) is 0 Å². The van der Waals surface area contributed by atoms with Crippen LogP contribution in [0.1, 0.15) is 33.1 Å². The lowest BCUT2D eigenvalue weighted by Crippen LogP contribution is -2.38. The molecule has 103 valence electrons. The van der Waals surface area contributed by atoms with Crippen LogP contribution in [-0.4, -0.2) is 31.2 Å². The van der Waals surface area contributed by atoms with Gasteiger partial charge in [-0.15, -0.1) is 24.8 Å². The summed E-state index contributed by atoms with van der Waals surface area (Å²) in [6.45, 7) is 5.70. The molecule has 0 aliphatic carbocycles. The standard InChI is InChI=1S/C11H21N2O2.2ClH/c1-8(2)7-10(12)11(14)15-9-3-5-13-6-4-9;;/h8-10H,3-7,12H2,1-2H3;2*1H/t10-;;/m0../s1. The van der Waals surface area contributed by atoms with Gasteiger partial charge in [0.05, 0.1) is 0 Å². The van der Waals surface area contributed by atoms with Gasteiger partial charge in [0.15, 0.2) is 0 Å². The van der Waals surface area contributed by atoms with Crippen LogP contribution in [0.4, 0.5) is 0 Å². The van der Waals surface area contributed by atoms with Crippen molar-refractivity contribution in [1.29, 1.82) is 0 Å². The molecule has 0 unspecified atom stereocenters. The summed E-state index contributed by atoms with van der Waals surface area (Å²) in [4.78, 5) is 11.6. The van der Waals surface area contributed by atoms with Crippen molar-refractivity contribution in [2.75, 3.05) is 13.1 Å². The van der Waals surface area contributed by atoms with Crippen molar-refractivity contribution in [2.24, 2.45) is 11.7 Å². The van der Waals surface area contributed by atoms with E-state index in [0.717, 1.165) is 25.9 Å². The van der Waals surface area contributed by atoms with Gasteiger partial charge >= 0.3 is 5.97 Å². The maximum atomic E-state index is 11.6. The fourth-order valence-electron chi connectivity index (χ4n) is 1.70. The number of halogens is 2. The van der Waals surface area contributed by atoms with Crippen LogP contribution < -0.4 is 11.1 Å². The number of carbonyl (C=O) groups excluding carboxylic acids is 1. The molecule has 0 aromatic carbocycles. The summed E-state index contributed by atoms with van der Waals surface area (Å²) in [7, 11) is 0. The summed E-state index contributed by atoms with van der Waals surface area (Å²) < 4.78 is 5.33. The molecule has 0 amide bonds. The topological polar surface area (TPSA) is 66.4 Å². The number of esters is 1. The number of nitrogens with zero attached hydrogens (tertiary/aromatic N) is 1. The fourth-order valence-corrected chi connectivity index (χ4v) is 1.70. The molecular weight excluding hydrogens is 263 g/mol. The minimum atomic E-state index is -0.469. The number of hydrogen-bond acceptors (Lipinski definition) is 3. The molecule has 1 aliphatic heterocycles. The van der Waals surface area contributed by atoms with Gasteiger partial charge in [-0.1, -0.05) is 13.8 Å². The van der Waals surface area contributed by atoms with Crippen LogP contribution in [-0.2, 0) is 9.53 Å². The van der Waals surface area contributed by atoms with Crippen LogP contribution in [0.3, 0.4) is 0 Å². The molecule has 1 aliphatic rings. The Kier molecular flexibility index (Phi) is 11.3. The highest BCUT2D eigenvalue weighted by Gasteiger charge is 2.22. The molecule has 0 saturated carbocycles. The third kappa shape index (κ3) is 7.82. The molecule has 1 rings (SSSR count). The van der Waals surface area contributed by atoms with E-state index in [1.807, 2.05) is 13.8 Å². The first-order valence-corrected chi connectivity index (χ1v) is 5.69. The maximum Gasteiger partial charge on any atom is 0.323 e. The van der Waals surface area contributed by atoms with E-state index in [9.17, 15) is 4.79 Å². The summed E-state index contributed by atoms with van der Waals surface area (Å²) >= 11 is 0. The van der Waals surface area contributed by atoms with Crippen molar-refractivity contribution < 1.29 is 9.53 Å². The maximum absolute atomic E-state index is 11.6. The lowest BCUT2D eigenvalue weighted by molar-refractivity contribution is -0.152. The normalized spacial score (nSPS) is 17.9. The molecule has 1 heterocycles. The summed E-state index contributed by atoms with van der Waals surface area (Å²) in [5, 5.41) is 4.21. The molecule has 1 atom stereocenters. The van der Waals surface area contributed by atoms with Crippen LogP contribution in [0.25, 0.3) is 0 Å². The third-order valence-corrected chi connectivity index (χ3v) is 2.53. The van der Waals surface area contributed by atoms with Crippen molar-refractivity contribution in [3.05, 3.63) is 0 Å². The number of ether oxygens (including phenoxy) is 1. The summed E-state index contributed by atoms with van der Waals surface area (Å²) in [5.74, 6) is 0.171. The number of nitrogens with two attached hydrogens (primary N) is 1. The predicted octanol–water partition coefficient (Wildman–Crippen LogP) is 1.51. The second kappa shape index (κ2) is 9.95. The van der Waals surface area contributed by atoms with Crippen LogP contribution >= 0.6 is 24.8 Å². The molecule has 0 aromatic rings. The lowest BCUT2D eigenvalue weighted by Gasteiger charge is -2.23. The van der Waals surface area contributed by atoms with Crippen LogP contribution in [0.15, 0.2) is 0 Å². The smallest absolute Gasteiger partial charge is 0.323 e. The van der Waals surface area contributed by atoms with Gasteiger partial charge in [0, 0.05) is 13.1 Å². The Morgan fingerprint density at radius 1 is 1.35 bits per heavy atom. The molecule has 6 heteroatoms. The quantitative estimate of drug-likeness (QED) is 0.797. The summed E-state index contributed by atoms with van der Waals surface area (Å²) in [6, 6.07) is -0.469. The van der Waals surface area contributed by atoms with E-state index in [-0.39, 0.29) is 36.9 Å². The summed E-state index contributed by atoms with van der Waals surface area (Å²) in [5.41, 5.74) is 5.74. The SMILES string of the molecule is CC(C)C[C@H](N)C(=O)OC1CC[N]CC1.Cl.Cl. The molecule has 1 saturated heterocycles. The fraction of sp³-hybridized carbons (Fsp3) is 0.909. The minimum Gasteiger partial charge on any atom is -0.461 e. The largest absolute Gasteiger partial charge is 0.461 e. The monoisotopic (exact) mass is 285 g/mol. The molecule has 0 bridgehead atoms. The van der Waals surface area contributed by atoms with Gasteiger partial charge < -0.3 is 10.5 Å². The van der Waals surface area contributed by atoms with Crippen LogP contribution in [0, 0.1) is 5.92 Å². The zero-order valence-corrected chi connectivity index (χ0v) is 12.1. The lowest BCUT2D eigenvalue weighted by atomic mass is 10.0. The van der Waals surface area contributed by atoms with Gasteiger partial charge in [-0.25, -0.2) is 5.32 Å². The Labute approximate surface area is 116 Å². The van der Waals surface area contributed by atoms with Crippen molar-refractivity contribution in [2.45, 2.75) is 45.3 Å². The number of piperidine rings is 1. The highest BCUT2D eigenvalue weighted by atomic mass is 35.5. The molecular formula is C11H23Cl2N2O2. The van der Waals surface area contributed by atoms with Crippen molar-refractivity contribution in [3.63, 3.8) is 0 Å². The van der Waals surface area contributed by atoms with Crippen LogP contribution in [0.5, 0.6) is 0 Å². The second-order valence-corrected chi connectivity index (χ2v) is 4.54. The van der Waals surface area contributed by atoms with Gasteiger partial charge in [-0.05, 0) is 25.2 Å². The van der Waals surface area contributed by atoms with E-state index in [4.69, 9.17) is 10.5 Å². The minimum absolute atomic E-state index is 0. The number of hydrogen-bond donors (Lipinski definition) is 1. The van der Waals surface area contributed by atoms with Crippen LogP contribution in [0.2, 0.25) is 0 Å². The van der Waals surface area contributed by atoms with Gasteiger partial charge in [-0.2, -0.15) is 0 Å². The van der Waals surface area contributed by atoms with Gasteiger partial charge in [-0.3, -0.25) is 4.79 Å². The van der Waals surface area contributed by atoms with Gasteiger partial charge in [0.25, 0.3) is 0 Å². The highest BCUT2D eigenvalue weighted by molar-refractivity contribution is 5.85. The molecule has 0 aromatic heterocycles. The highest BCUT2D eigenvalue weighted by Crippen LogP contribution is 2.11. The zero-order chi connectivity index (χ0) is 11.3. The Hall–Kier alpha value is -0.0300. The molecule has 4 nitrogen and oxygen atoms in total. The van der Waals surface area contributed by atoms with Crippen molar-refractivity contribution in [3.8, 4) is 0 Å². The Balaban J connectivity index is 0. The average Bonchev–Trinajstić information content (AvgIpc) is 2.18. The Morgan fingerprint density at radius 2 is 1.88 bits per heavy atom. The van der Waals surface area contributed by atoms with E-state index >= 15 is 0 Å². The number of rotatable bonds is 4. The third-order valence-electron chi connectivity index (χ3n) is 2.53. The van der Waals surface area contributed by atoms with Gasteiger partial charge in [0.2, 0.25) is 0 Å². The second-order valence-electron chi connectivity index (χ2n) is 4.54. The molecule has 2 N–H and O–H groups in total. The van der Waals surface area contributed by atoms with Gasteiger partial charge in [0.1, 0.15) is 12.1 Å². The first kappa shape index (κ1) is 19.3. The number of carbonyl (C=O) groups is 1. The molecule has 0 spiro atoms. The Bertz CT molecular complexity index is 210. The predicted molar refractivity (Wildman–Crippen MR) is 72.9 cm³/mol. The molecule has 17 heavy (non-hydrogen) atoms. The summed E-state index contributed by atoms with van der Waals surface area (Å²) in [6.07, 6.45) is 2.42. The first-order valence-electron chi connectivity index (χ1n) is 5.69. The van der Waals surface area contributed by atoms with E-state index in [1.165, 1.54) is 0 Å².